The molecule has 2 heterocycles. The fourth-order valence-corrected chi connectivity index (χ4v) is 2.01. The second-order valence-electron chi connectivity index (χ2n) is 4.33. The highest BCUT2D eigenvalue weighted by Crippen LogP contribution is 2.09. The monoisotopic (exact) mass is 235 g/mol. The predicted octanol–water partition coefficient (Wildman–Crippen LogP) is 0.104. The lowest BCUT2D eigenvalue weighted by Gasteiger charge is -2.22. The van der Waals surface area contributed by atoms with Crippen molar-refractivity contribution in [3.63, 3.8) is 0 Å². The van der Waals surface area contributed by atoms with Crippen molar-refractivity contribution in [2.75, 3.05) is 19.6 Å². The molecule has 0 aromatic carbocycles. The normalized spacial score (nSPS) is 16.7. The van der Waals surface area contributed by atoms with Gasteiger partial charge in [0.25, 0.3) is 5.91 Å². The molecule has 5 nitrogen and oxygen atoms in total. The molecule has 1 aromatic rings. The van der Waals surface area contributed by atoms with Crippen molar-refractivity contribution in [1.29, 1.82) is 0 Å². The van der Waals surface area contributed by atoms with Crippen molar-refractivity contribution < 1.29 is 4.79 Å². The number of hydrogen-bond donors (Lipinski definition) is 3. The summed E-state index contributed by atoms with van der Waals surface area (Å²) in [6.07, 6.45) is 5.11. The summed E-state index contributed by atoms with van der Waals surface area (Å²) in [5.74, 6) is 0.230. The maximum Gasteiger partial charge on any atom is 0.256 e. The molecule has 1 amide bonds. The van der Waals surface area contributed by atoms with E-state index in [1.54, 1.807) is 0 Å². The van der Waals surface area contributed by atoms with E-state index in [0.29, 0.717) is 12.5 Å². The summed E-state index contributed by atoms with van der Waals surface area (Å²) < 4.78 is 0. The lowest BCUT2D eigenvalue weighted by atomic mass is 9.98. The summed E-state index contributed by atoms with van der Waals surface area (Å²) >= 11 is 0. The molecule has 0 bridgehead atoms. The van der Waals surface area contributed by atoms with Gasteiger partial charge in [-0.05, 0) is 31.8 Å². The van der Waals surface area contributed by atoms with Gasteiger partial charge in [0, 0.05) is 25.0 Å². The Morgan fingerprint density at radius 3 is 2.88 bits per heavy atom. The Kier molecular flexibility index (Phi) is 3.93. The number of hydrogen-bond acceptors (Lipinski definition) is 3. The maximum absolute atomic E-state index is 11.8. The molecule has 0 radical (unpaired) electrons. The molecule has 17 heavy (non-hydrogen) atoms. The van der Waals surface area contributed by atoms with Crippen LogP contribution in [0.3, 0.4) is 0 Å². The highest BCUT2D eigenvalue weighted by molar-refractivity contribution is 5.93. The van der Waals surface area contributed by atoms with Gasteiger partial charge in [0.1, 0.15) is 5.56 Å². The zero-order valence-electron chi connectivity index (χ0n) is 9.66. The van der Waals surface area contributed by atoms with E-state index in [9.17, 15) is 9.59 Å². The van der Waals surface area contributed by atoms with Crippen molar-refractivity contribution in [2.45, 2.75) is 12.8 Å². The summed E-state index contributed by atoms with van der Waals surface area (Å²) in [7, 11) is 0. The number of nitrogens with one attached hydrogen (secondary N) is 3. The number of aromatic amines is 1. The van der Waals surface area contributed by atoms with Crippen LogP contribution >= 0.6 is 0 Å². The Morgan fingerprint density at radius 1 is 1.41 bits per heavy atom. The molecule has 0 unspecified atom stereocenters. The van der Waals surface area contributed by atoms with E-state index < -0.39 is 0 Å². The summed E-state index contributed by atoms with van der Waals surface area (Å²) in [5, 5.41) is 6.10. The van der Waals surface area contributed by atoms with Gasteiger partial charge in [-0.2, -0.15) is 0 Å². The summed E-state index contributed by atoms with van der Waals surface area (Å²) in [5.41, 5.74) is -0.0620. The second-order valence-corrected chi connectivity index (χ2v) is 4.33. The van der Waals surface area contributed by atoms with Crippen LogP contribution in [0.2, 0.25) is 0 Å². The van der Waals surface area contributed by atoms with Crippen molar-refractivity contribution in [2.24, 2.45) is 5.92 Å². The van der Waals surface area contributed by atoms with Crippen LogP contribution in [-0.4, -0.2) is 30.5 Å². The van der Waals surface area contributed by atoms with Gasteiger partial charge in [0.2, 0.25) is 0 Å². The first-order valence-electron chi connectivity index (χ1n) is 5.93. The number of aromatic nitrogens is 1. The number of amides is 1. The zero-order valence-corrected chi connectivity index (χ0v) is 9.66. The van der Waals surface area contributed by atoms with E-state index in [1.807, 2.05) is 0 Å². The van der Waals surface area contributed by atoms with Gasteiger partial charge in [-0.15, -0.1) is 0 Å². The summed E-state index contributed by atoms with van der Waals surface area (Å²) in [6, 6.07) is 1.36. The number of carbonyl (C=O) groups excluding carboxylic acids is 1. The quantitative estimate of drug-likeness (QED) is 0.696. The van der Waals surface area contributed by atoms with Gasteiger partial charge in [-0.3, -0.25) is 9.59 Å². The summed E-state index contributed by atoms with van der Waals surface area (Å²) in [6.45, 7) is 2.66. The molecule has 1 fully saturated rings. The fourth-order valence-electron chi connectivity index (χ4n) is 2.01. The van der Waals surface area contributed by atoms with Crippen LogP contribution in [0.25, 0.3) is 0 Å². The largest absolute Gasteiger partial charge is 0.367 e. The van der Waals surface area contributed by atoms with Gasteiger partial charge in [-0.25, -0.2) is 0 Å². The number of carbonyl (C=O) groups is 1. The first-order chi connectivity index (χ1) is 8.27. The van der Waals surface area contributed by atoms with Gasteiger partial charge >= 0.3 is 0 Å². The van der Waals surface area contributed by atoms with Gasteiger partial charge < -0.3 is 15.6 Å². The Bertz CT molecular complexity index is 435. The highest BCUT2D eigenvalue weighted by Gasteiger charge is 2.15. The average Bonchev–Trinajstić information content (AvgIpc) is 2.38. The maximum atomic E-state index is 11.8. The first kappa shape index (κ1) is 11.9. The van der Waals surface area contributed by atoms with Crippen molar-refractivity contribution in [1.82, 2.24) is 15.6 Å². The van der Waals surface area contributed by atoms with Crippen LogP contribution in [0.5, 0.6) is 0 Å². The first-order valence-corrected chi connectivity index (χ1v) is 5.93. The number of H-pyrrole nitrogens is 1. The predicted molar refractivity (Wildman–Crippen MR) is 65.0 cm³/mol. The molecule has 1 aliphatic rings. The van der Waals surface area contributed by atoms with Crippen molar-refractivity contribution in [3.05, 3.63) is 34.2 Å². The smallest absolute Gasteiger partial charge is 0.256 e. The molecule has 1 aromatic heterocycles. The minimum absolute atomic E-state index is 0.182. The van der Waals surface area contributed by atoms with E-state index in [2.05, 4.69) is 15.6 Å². The van der Waals surface area contributed by atoms with Gasteiger partial charge in [0.05, 0.1) is 0 Å². The molecule has 0 saturated carbocycles. The van der Waals surface area contributed by atoms with E-state index >= 15 is 0 Å². The molecule has 1 saturated heterocycles. The molecule has 0 atom stereocenters. The second kappa shape index (κ2) is 5.63. The zero-order chi connectivity index (χ0) is 12.1. The van der Waals surface area contributed by atoms with Crippen LogP contribution in [0, 0.1) is 5.92 Å². The Hall–Kier alpha value is -1.62. The average molecular weight is 235 g/mol. The molecule has 92 valence electrons. The minimum atomic E-state index is -0.287. The standard InChI is InChI=1S/C12H17N3O2/c16-11-3-6-14-8-10(11)12(17)15-7-9-1-4-13-5-2-9/h3,6,8-9,13H,1-2,4-5,7H2,(H,14,16)(H,15,17). The van der Waals surface area contributed by atoms with Crippen LogP contribution in [0.1, 0.15) is 23.2 Å². The molecule has 0 spiro atoms. The Morgan fingerprint density at radius 2 is 2.18 bits per heavy atom. The lowest BCUT2D eigenvalue weighted by molar-refractivity contribution is 0.0943. The molecular weight excluding hydrogens is 218 g/mol. The molecule has 1 aliphatic heterocycles. The third-order valence-electron chi connectivity index (χ3n) is 3.08. The number of piperidine rings is 1. The van der Waals surface area contributed by atoms with E-state index in [1.165, 1.54) is 18.5 Å². The van der Waals surface area contributed by atoms with Gasteiger partial charge in [-0.1, -0.05) is 0 Å². The molecule has 3 N–H and O–H groups in total. The molecule has 5 heteroatoms. The third kappa shape index (κ3) is 3.17. The third-order valence-corrected chi connectivity index (χ3v) is 3.08. The van der Waals surface area contributed by atoms with Crippen LogP contribution in [0.4, 0.5) is 0 Å². The van der Waals surface area contributed by atoms with E-state index in [-0.39, 0.29) is 16.9 Å². The highest BCUT2D eigenvalue weighted by atomic mass is 16.2. The number of rotatable bonds is 3. The van der Waals surface area contributed by atoms with Crippen LogP contribution in [-0.2, 0) is 0 Å². The SMILES string of the molecule is O=C(NCC1CCNCC1)c1c[nH]ccc1=O. The topological polar surface area (TPSA) is 74.0 Å². The molecular formula is C12H17N3O2. The number of pyridine rings is 1. The van der Waals surface area contributed by atoms with Crippen LogP contribution in [0.15, 0.2) is 23.3 Å². The Labute approximate surface area is 99.6 Å². The van der Waals surface area contributed by atoms with Crippen molar-refractivity contribution >= 4 is 5.91 Å². The van der Waals surface area contributed by atoms with E-state index in [0.717, 1.165) is 25.9 Å². The fraction of sp³-hybridized carbons (Fsp3) is 0.500. The van der Waals surface area contributed by atoms with Crippen LogP contribution < -0.4 is 16.1 Å². The van der Waals surface area contributed by atoms with E-state index in [4.69, 9.17) is 0 Å². The molecule has 2 rings (SSSR count). The molecule has 0 aliphatic carbocycles. The Balaban J connectivity index is 1.89. The van der Waals surface area contributed by atoms with Crippen molar-refractivity contribution in [3.8, 4) is 0 Å². The summed E-state index contributed by atoms with van der Waals surface area (Å²) in [4.78, 5) is 25.9. The lowest BCUT2D eigenvalue weighted by Crippen LogP contribution is -2.37. The minimum Gasteiger partial charge on any atom is -0.367 e. The van der Waals surface area contributed by atoms with Gasteiger partial charge in [0.15, 0.2) is 5.43 Å².